The summed E-state index contributed by atoms with van der Waals surface area (Å²) in [6, 6.07) is 23.8. The first-order valence-corrected chi connectivity index (χ1v) is 23.1. The van der Waals surface area contributed by atoms with Crippen LogP contribution >= 0.6 is 0 Å². The molecule has 65 heavy (non-hydrogen) atoms. The fraction of sp³-hybridized carbons (Fsp3) is 0.451. The van der Waals surface area contributed by atoms with E-state index in [2.05, 4.69) is 82.2 Å². The van der Waals surface area contributed by atoms with Gasteiger partial charge in [0.15, 0.2) is 0 Å². The highest BCUT2D eigenvalue weighted by Gasteiger charge is 2.35. The van der Waals surface area contributed by atoms with Crippen LogP contribution in [0, 0.1) is 5.92 Å². The normalized spacial score (nSPS) is 17.0. The van der Waals surface area contributed by atoms with Crippen molar-refractivity contribution in [2.45, 2.75) is 103 Å². The minimum atomic E-state index is -4.66. The van der Waals surface area contributed by atoms with Crippen LogP contribution in [0.1, 0.15) is 102 Å². The Kier molecular flexibility index (Phi) is 14.4. The van der Waals surface area contributed by atoms with Gasteiger partial charge in [0.1, 0.15) is 18.4 Å². The number of imidazole rings is 1. The highest BCUT2D eigenvalue weighted by molar-refractivity contribution is 5.78. The highest BCUT2D eigenvalue weighted by atomic mass is 19.4. The number of halogens is 3. The van der Waals surface area contributed by atoms with E-state index in [0.29, 0.717) is 42.8 Å². The summed E-state index contributed by atoms with van der Waals surface area (Å²) in [7, 11) is 3.98. The van der Waals surface area contributed by atoms with Crippen LogP contribution in [-0.4, -0.2) is 85.2 Å². The van der Waals surface area contributed by atoms with Gasteiger partial charge in [0, 0.05) is 75.9 Å². The van der Waals surface area contributed by atoms with Crippen molar-refractivity contribution < 1.29 is 22.7 Å². The number of rotatable bonds is 17. The van der Waals surface area contributed by atoms with Crippen LogP contribution in [0.25, 0.3) is 11.2 Å². The Hall–Kier alpha value is -5.57. The Bertz CT molecular complexity index is 2610. The number of aryl methyl sites for hydroxylation is 1. The summed E-state index contributed by atoms with van der Waals surface area (Å²) in [5.74, 6) is 1.33. The molecule has 0 radical (unpaired) electrons. The standard InChI is InChI=1S/C51H61F3N8O3/c1-5-8-36(2)57(3)30-43-27-44(17-16-42(43)33-63)60-21-18-38(19-22-60)23-37-12-14-39(15-13-37)34-65-46-11-7-20-59(31-46)28-41-25-47(51(52,53)54)48-32-61(50(64)62(48)29-41)45-10-6-9-40(24-45)26-49-56-55-35-58(49)4/h6,9-10,12-17,24-25,27,29,32-33,35-36,38,46H,5,7-8,11,18-23,26,28,30-31,34H2,1-4H3/t36-,46?/m0/s1. The lowest BCUT2D eigenvalue weighted by atomic mass is 9.89. The molecule has 14 heteroatoms. The van der Waals surface area contributed by atoms with E-state index in [1.54, 1.807) is 35.3 Å². The molecule has 0 amide bonds. The number of carbonyl (C=O) groups is 1. The number of aromatic nitrogens is 5. The zero-order valence-electron chi connectivity index (χ0n) is 38.0. The first-order chi connectivity index (χ1) is 31.3. The molecule has 0 spiro atoms. The van der Waals surface area contributed by atoms with E-state index < -0.39 is 17.4 Å². The van der Waals surface area contributed by atoms with Crippen LogP contribution in [0.2, 0.25) is 0 Å². The number of piperidine rings is 2. The number of likely N-dealkylation sites (tertiary alicyclic amines) is 1. The summed E-state index contributed by atoms with van der Waals surface area (Å²) in [4.78, 5) is 32.5. The second-order valence-corrected chi connectivity index (χ2v) is 18.3. The number of fused-ring (bicyclic) bond motifs is 1. The van der Waals surface area contributed by atoms with Crippen molar-refractivity contribution in [1.29, 1.82) is 0 Å². The maximum absolute atomic E-state index is 14.6. The number of benzene rings is 3. The third-order valence-corrected chi connectivity index (χ3v) is 13.5. The van der Waals surface area contributed by atoms with Gasteiger partial charge in [-0.25, -0.2) is 4.79 Å². The number of ether oxygens (including phenoxy) is 1. The summed E-state index contributed by atoms with van der Waals surface area (Å²) in [5.41, 5.74) is 5.61. The van der Waals surface area contributed by atoms with Crippen molar-refractivity contribution in [1.82, 2.24) is 33.5 Å². The summed E-state index contributed by atoms with van der Waals surface area (Å²) in [6.45, 7) is 9.23. The third-order valence-electron chi connectivity index (χ3n) is 13.5. The molecule has 5 heterocycles. The van der Waals surface area contributed by atoms with Crippen LogP contribution in [0.3, 0.4) is 0 Å². The average molecular weight is 891 g/mol. The van der Waals surface area contributed by atoms with Crippen LogP contribution in [-0.2, 0) is 50.5 Å². The fourth-order valence-electron chi connectivity index (χ4n) is 9.58. The molecule has 2 aliphatic heterocycles. The highest BCUT2D eigenvalue weighted by Crippen LogP contribution is 2.34. The van der Waals surface area contributed by atoms with Gasteiger partial charge in [-0.1, -0.05) is 49.7 Å². The number of hydrogen-bond acceptors (Lipinski definition) is 8. The van der Waals surface area contributed by atoms with Gasteiger partial charge in [0.05, 0.1) is 29.5 Å². The average Bonchev–Trinajstić information content (AvgIpc) is 3.86. The zero-order valence-corrected chi connectivity index (χ0v) is 38.0. The van der Waals surface area contributed by atoms with E-state index in [9.17, 15) is 22.8 Å². The maximum Gasteiger partial charge on any atom is 0.418 e. The molecule has 2 saturated heterocycles. The van der Waals surface area contributed by atoms with E-state index in [1.165, 1.54) is 28.1 Å². The van der Waals surface area contributed by atoms with Crippen molar-refractivity contribution in [3.05, 3.63) is 147 Å². The van der Waals surface area contributed by atoms with Gasteiger partial charge in [0.2, 0.25) is 0 Å². The Balaban J connectivity index is 0.845. The Labute approximate surface area is 379 Å². The smallest absolute Gasteiger partial charge is 0.372 e. The topological polar surface area (TPSA) is 93.1 Å². The van der Waals surface area contributed by atoms with E-state index in [0.717, 1.165) is 110 Å². The van der Waals surface area contributed by atoms with Gasteiger partial charge in [-0.15, -0.1) is 10.2 Å². The molecule has 2 aliphatic rings. The van der Waals surface area contributed by atoms with Gasteiger partial charge in [-0.3, -0.25) is 23.6 Å². The lowest BCUT2D eigenvalue weighted by molar-refractivity contribution is -0.136. The molecule has 2 atom stereocenters. The molecule has 0 saturated carbocycles. The maximum atomic E-state index is 14.6. The van der Waals surface area contributed by atoms with E-state index >= 15 is 0 Å². The number of hydrogen-bond donors (Lipinski definition) is 0. The van der Waals surface area contributed by atoms with Crippen molar-refractivity contribution in [3.8, 4) is 5.69 Å². The molecule has 344 valence electrons. The number of nitrogens with zero attached hydrogens (tertiary/aromatic N) is 8. The number of pyridine rings is 1. The predicted octanol–water partition coefficient (Wildman–Crippen LogP) is 8.90. The minimum absolute atomic E-state index is 0.0618. The van der Waals surface area contributed by atoms with Gasteiger partial charge >= 0.3 is 11.9 Å². The van der Waals surface area contributed by atoms with Crippen molar-refractivity contribution in [2.24, 2.45) is 13.0 Å². The largest absolute Gasteiger partial charge is 0.418 e. The molecule has 3 aromatic heterocycles. The number of alkyl halides is 3. The quantitative estimate of drug-likeness (QED) is 0.0840. The summed E-state index contributed by atoms with van der Waals surface area (Å²) in [6.07, 6.45) is 8.38. The third kappa shape index (κ3) is 11.1. The van der Waals surface area contributed by atoms with Gasteiger partial charge < -0.3 is 14.2 Å². The molecule has 11 nitrogen and oxygen atoms in total. The van der Waals surface area contributed by atoms with Crippen LogP contribution in [0.4, 0.5) is 18.9 Å². The van der Waals surface area contributed by atoms with Crippen molar-refractivity contribution >= 4 is 17.5 Å². The van der Waals surface area contributed by atoms with Crippen LogP contribution < -0.4 is 10.6 Å². The molecule has 0 bridgehead atoms. The predicted molar refractivity (Wildman–Crippen MR) is 248 cm³/mol. The van der Waals surface area contributed by atoms with Crippen molar-refractivity contribution in [2.75, 3.05) is 38.1 Å². The number of carbonyl (C=O) groups excluding carboxylic acids is 1. The monoisotopic (exact) mass is 890 g/mol. The molecule has 3 aromatic carbocycles. The second-order valence-electron chi connectivity index (χ2n) is 18.3. The van der Waals surface area contributed by atoms with Gasteiger partial charge in [-0.05, 0) is 129 Å². The molecular weight excluding hydrogens is 830 g/mol. The SMILES string of the molecule is CCC[C@H](C)N(C)Cc1cc(N2CCC(Cc3ccc(COC4CCCN(Cc5cc(C(F)(F)F)c6cn(-c7cccc(Cc8nncn8C)c7)c(=O)n6c5)C4)cc3)CC2)ccc1C=O. The molecule has 8 rings (SSSR count). The number of anilines is 1. The second kappa shape index (κ2) is 20.3. The first-order valence-electron chi connectivity index (χ1n) is 23.1. The van der Waals surface area contributed by atoms with E-state index in [4.69, 9.17) is 4.74 Å². The molecule has 1 unspecified atom stereocenters. The zero-order chi connectivity index (χ0) is 45.7. The lowest BCUT2D eigenvalue weighted by Crippen LogP contribution is -2.39. The van der Waals surface area contributed by atoms with Gasteiger partial charge in [-0.2, -0.15) is 13.2 Å². The van der Waals surface area contributed by atoms with E-state index in [1.807, 2.05) is 19.2 Å². The Morgan fingerprint density at radius 3 is 2.43 bits per heavy atom. The molecule has 0 aliphatic carbocycles. The van der Waals surface area contributed by atoms with Crippen molar-refractivity contribution in [3.63, 3.8) is 0 Å². The Morgan fingerprint density at radius 1 is 0.923 bits per heavy atom. The number of aldehydes is 1. The molecular formula is C51H61F3N8O3. The summed E-state index contributed by atoms with van der Waals surface area (Å²) in [5, 5.41) is 8.05. The Morgan fingerprint density at radius 2 is 1.71 bits per heavy atom. The minimum Gasteiger partial charge on any atom is -0.372 e. The van der Waals surface area contributed by atoms with E-state index in [-0.39, 0.29) is 18.2 Å². The lowest BCUT2D eigenvalue weighted by Gasteiger charge is -2.34. The summed E-state index contributed by atoms with van der Waals surface area (Å²) < 4.78 is 54.3. The van der Waals surface area contributed by atoms with Crippen LogP contribution in [0.15, 0.2) is 96.3 Å². The first kappa shape index (κ1) is 46.0. The molecule has 2 fully saturated rings. The summed E-state index contributed by atoms with van der Waals surface area (Å²) >= 11 is 0. The molecule has 6 aromatic rings. The fourth-order valence-corrected chi connectivity index (χ4v) is 9.58. The van der Waals surface area contributed by atoms with Gasteiger partial charge in [0.25, 0.3) is 0 Å². The molecule has 0 N–H and O–H groups in total. The van der Waals surface area contributed by atoms with Crippen LogP contribution in [0.5, 0.6) is 0 Å².